The molecule has 0 aliphatic heterocycles. The van der Waals surface area contributed by atoms with Crippen molar-refractivity contribution in [2.24, 2.45) is 0 Å². The highest BCUT2D eigenvalue weighted by molar-refractivity contribution is 5.72. The molecule has 1 N–H and O–H groups in total. The summed E-state index contributed by atoms with van der Waals surface area (Å²) >= 11 is 0. The first-order valence-electron chi connectivity index (χ1n) is 22.7. The van der Waals surface area contributed by atoms with Crippen LogP contribution in [0.15, 0.2) is 12.2 Å². The molecule has 8 nitrogen and oxygen atoms in total. The Morgan fingerprint density at radius 3 is 1.33 bits per heavy atom. The fraction of sp³-hybridized carbons (Fsp3) is 0.891. The second kappa shape index (κ2) is 38.0. The number of hydrogen-bond acceptors (Lipinski definition) is 6. The fourth-order valence-electron chi connectivity index (χ4n) is 6.85. The van der Waals surface area contributed by atoms with Crippen LogP contribution in [0.3, 0.4) is 0 Å². The van der Waals surface area contributed by atoms with Gasteiger partial charge in [-0.1, -0.05) is 167 Å². The minimum absolute atomic E-state index is 0.0469. The van der Waals surface area contributed by atoms with Crippen molar-refractivity contribution in [2.45, 2.75) is 225 Å². The van der Waals surface area contributed by atoms with Gasteiger partial charge in [0.25, 0.3) is 0 Å². The van der Waals surface area contributed by atoms with Crippen LogP contribution in [0, 0.1) is 0 Å². The highest BCUT2D eigenvalue weighted by Gasteiger charge is 2.31. The molecule has 0 aliphatic rings. The lowest BCUT2D eigenvalue weighted by Crippen LogP contribution is -2.50. The van der Waals surface area contributed by atoms with Crippen LogP contribution < -0.4 is 0 Å². The number of aliphatic carboxylic acids is 1. The van der Waals surface area contributed by atoms with Crippen molar-refractivity contribution < 1.29 is 38.2 Å². The number of ether oxygens (including phenoxy) is 3. The zero-order valence-electron chi connectivity index (χ0n) is 36.2. The Kier molecular flexibility index (Phi) is 36.6. The maximum Gasteiger partial charge on any atom is 0.362 e. The van der Waals surface area contributed by atoms with E-state index in [1.165, 1.54) is 141 Å². The van der Waals surface area contributed by atoms with Crippen molar-refractivity contribution in [3.63, 3.8) is 0 Å². The summed E-state index contributed by atoms with van der Waals surface area (Å²) in [5.74, 6) is -1.46. The highest BCUT2D eigenvalue weighted by Crippen LogP contribution is 2.15. The van der Waals surface area contributed by atoms with E-state index in [0.29, 0.717) is 19.3 Å². The predicted molar refractivity (Wildman–Crippen MR) is 225 cm³/mol. The van der Waals surface area contributed by atoms with Gasteiger partial charge < -0.3 is 23.8 Å². The van der Waals surface area contributed by atoms with Crippen molar-refractivity contribution in [3.05, 3.63) is 12.2 Å². The molecular weight excluding hydrogens is 679 g/mol. The van der Waals surface area contributed by atoms with Crippen LogP contribution in [0.25, 0.3) is 0 Å². The van der Waals surface area contributed by atoms with Gasteiger partial charge in [0.05, 0.1) is 34.4 Å². The highest BCUT2D eigenvalue weighted by atomic mass is 16.6. The maximum atomic E-state index is 12.7. The van der Waals surface area contributed by atoms with Crippen molar-refractivity contribution in [3.8, 4) is 0 Å². The third-order valence-corrected chi connectivity index (χ3v) is 10.4. The Labute approximate surface area is 333 Å². The van der Waals surface area contributed by atoms with E-state index < -0.39 is 18.1 Å². The number of hydrogen-bond donors (Lipinski definition) is 1. The van der Waals surface area contributed by atoms with E-state index in [1.807, 2.05) is 21.1 Å². The maximum absolute atomic E-state index is 12.7. The van der Waals surface area contributed by atoms with E-state index in [1.54, 1.807) is 0 Å². The number of unbranched alkanes of at least 4 members (excludes halogenated alkanes) is 25. The fourth-order valence-corrected chi connectivity index (χ4v) is 6.85. The zero-order chi connectivity index (χ0) is 40.0. The van der Waals surface area contributed by atoms with Crippen molar-refractivity contribution in [1.29, 1.82) is 0 Å². The summed E-state index contributed by atoms with van der Waals surface area (Å²) in [6.45, 7) is 4.75. The number of nitrogens with zero attached hydrogens (tertiary/aromatic N) is 1. The van der Waals surface area contributed by atoms with Crippen LogP contribution >= 0.6 is 0 Å². The molecule has 0 radical (unpaired) electrons. The molecule has 0 aromatic rings. The second-order valence-electron chi connectivity index (χ2n) is 16.7. The molecular formula is C46H88NO7+. The number of carbonyl (C=O) groups excluding carboxylic acids is 2. The van der Waals surface area contributed by atoms with Gasteiger partial charge >= 0.3 is 17.9 Å². The molecule has 8 heteroatoms. The van der Waals surface area contributed by atoms with Gasteiger partial charge in [-0.3, -0.25) is 9.59 Å². The Balaban J connectivity index is 4.27. The van der Waals surface area contributed by atoms with E-state index in [4.69, 9.17) is 14.2 Å². The van der Waals surface area contributed by atoms with Crippen LogP contribution in [0.4, 0.5) is 0 Å². The first-order chi connectivity index (χ1) is 26.1. The number of quaternary nitrogens is 1. The average molecular weight is 767 g/mol. The normalized spacial score (nSPS) is 13.0. The number of carbonyl (C=O) groups is 3. The van der Waals surface area contributed by atoms with Gasteiger partial charge in [0.15, 0.2) is 12.1 Å². The Hall–Kier alpha value is -1.93. The van der Waals surface area contributed by atoms with Gasteiger partial charge in [-0.05, 0) is 38.5 Å². The molecule has 0 bridgehead atoms. The molecule has 0 aromatic heterocycles. The summed E-state index contributed by atoms with van der Waals surface area (Å²) in [7, 11) is 5.53. The van der Waals surface area contributed by atoms with Crippen molar-refractivity contribution >= 4 is 17.9 Å². The van der Waals surface area contributed by atoms with Crippen LogP contribution in [0.5, 0.6) is 0 Å². The molecule has 0 rings (SSSR count). The van der Waals surface area contributed by atoms with E-state index >= 15 is 0 Å². The molecule has 0 spiro atoms. The van der Waals surface area contributed by atoms with Crippen LogP contribution in [0.1, 0.15) is 213 Å². The van der Waals surface area contributed by atoms with Gasteiger partial charge in [-0.15, -0.1) is 0 Å². The smallest absolute Gasteiger partial charge is 0.362 e. The Bertz CT molecular complexity index is 900. The summed E-state index contributed by atoms with van der Waals surface area (Å²) in [6.07, 6.45) is 39.6. The number of rotatable bonds is 41. The largest absolute Gasteiger partial charge is 0.477 e. The molecule has 2 atom stereocenters. The molecule has 0 aromatic carbocycles. The van der Waals surface area contributed by atoms with Gasteiger partial charge in [-0.25, -0.2) is 4.79 Å². The second-order valence-corrected chi connectivity index (χ2v) is 16.7. The molecule has 54 heavy (non-hydrogen) atoms. The number of esters is 2. The van der Waals surface area contributed by atoms with Crippen LogP contribution in [-0.4, -0.2) is 80.6 Å². The third-order valence-electron chi connectivity index (χ3n) is 10.4. The average Bonchev–Trinajstić information content (AvgIpc) is 3.12. The van der Waals surface area contributed by atoms with Crippen molar-refractivity contribution in [2.75, 3.05) is 41.0 Å². The summed E-state index contributed by atoms with van der Waals surface area (Å²) < 4.78 is 17.3. The van der Waals surface area contributed by atoms with E-state index in [-0.39, 0.29) is 36.2 Å². The van der Waals surface area contributed by atoms with Gasteiger partial charge in [0, 0.05) is 19.3 Å². The van der Waals surface area contributed by atoms with E-state index in [9.17, 15) is 19.5 Å². The monoisotopic (exact) mass is 767 g/mol. The number of carboxylic acid groups (broad SMARTS) is 1. The summed E-state index contributed by atoms with van der Waals surface area (Å²) in [5, 5.41) is 9.61. The quantitative estimate of drug-likeness (QED) is 0.0286. The topological polar surface area (TPSA) is 99.1 Å². The van der Waals surface area contributed by atoms with Gasteiger partial charge in [0.2, 0.25) is 0 Å². The first kappa shape index (κ1) is 52.1. The standard InChI is InChI=1S/C46H87NO7/c1-6-8-10-12-14-16-18-19-20-21-22-23-24-25-27-29-31-33-35-37-45(49)54-42(40-52-39-38-43(46(50)51)47(3,4)5)41-53-44(48)36-34-32-30-28-26-17-15-13-11-9-7-2/h21-22,42-43H,6-20,23-41H2,1-5H3/p+1/b22-21+. The predicted octanol–water partition coefficient (Wildman–Crippen LogP) is 12.3. The zero-order valence-corrected chi connectivity index (χ0v) is 36.2. The Morgan fingerprint density at radius 1 is 0.537 bits per heavy atom. The van der Waals surface area contributed by atoms with Gasteiger partial charge in [0.1, 0.15) is 6.61 Å². The lowest BCUT2D eigenvalue weighted by atomic mass is 10.1. The van der Waals surface area contributed by atoms with Crippen LogP contribution in [-0.2, 0) is 28.6 Å². The molecule has 0 heterocycles. The molecule has 2 unspecified atom stereocenters. The molecule has 0 aliphatic carbocycles. The molecule has 0 fully saturated rings. The first-order valence-corrected chi connectivity index (χ1v) is 22.7. The summed E-state index contributed by atoms with van der Waals surface area (Å²) in [5.41, 5.74) is 0. The molecule has 0 amide bonds. The molecule has 0 saturated carbocycles. The molecule has 0 saturated heterocycles. The van der Waals surface area contributed by atoms with Crippen LogP contribution in [0.2, 0.25) is 0 Å². The molecule has 318 valence electrons. The lowest BCUT2D eigenvalue weighted by molar-refractivity contribution is -0.887. The van der Waals surface area contributed by atoms with Gasteiger partial charge in [-0.2, -0.15) is 0 Å². The number of likely N-dealkylation sites (N-methyl/N-ethyl adjacent to an activating group) is 1. The Morgan fingerprint density at radius 2 is 0.926 bits per heavy atom. The summed E-state index contributed by atoms with van der Waals surface area (Å²) in [6, 6.07) is -0.610. The van der Waals surface area contributed by atoms with Crippen molar-refractivity contribution in [1.82, 2.24) is 0 Å². The summed E-state index contributed by atoms with van der Waals surface area (Å²) in [4.78, 5) is 36.9. The SMILES string of the molecule is CCCCCCCCCC/C=C/CCCCCCCCCC(=O)OC(COCCC(C(=O)O)[N+](C)(C)C)COC(=O)CCCCCCCCCCCCC. The van der Waals surface area contributed by atoms with E-state index in [2.05, 4.69) is 26.0 Å². The third kappa shape index (κ3) is 35.8. The number of carboxylic acids is 1. The van der Waals surface area contributed by atoms with E-state index in [0.717, 1.165) is 38.5 Å². The number of allylic oxidation sites excluding steroid dienone is 2. The minimum atomic E-state index is -0.873. The minimum Gasteiger partial charge on any atom is -0.477 e. The lowest BCUT2D eigenvalue weighted by Gasteiger charge is -2.31.